The molecule has 4 nitrogen and oxygen atoms in total. The van der Waals surface area contributed by atoms with Crippen molar-refractivity contribution in [1.29, 1.82) is 0 Å². The van der Waals surface area contributed by atoms with E-state index >= 15 is 0 Å². The van der Waals surface area contributed by atoms with Gasteiger partial charge in [-0.2, -0.15) is 0 Å². The van der Waals surface area contributed by atoms with E-state index < -0.39 is 15.8 Å². The minimum atomic E-state index is -3.78. The Balaban J connectivity index is 1.69. The molecule has 1 unspecified atom stereocenters. The number of hydrogen-bond donors (Lipinski definition) is 1. The molecule has 134 valence electrons. The monoisotopic (exact) mass is 362 g/mol. The van der Waals surface area contributed by atoms with Crippen LogP contribution in [0.5, 0.6) is 0 Å². The van der Waals surface area contributed by atoms with Crippen LogP contribution < -0.4 is 4.72 Å². The maximum atomic E-state index is 13.3. The van der Waals surface area contributed by atoms with Gasteiger partial charge >= 0.3 is 0 Å². The van der Waals surface area contributed by atoms with Crippen molar-refractivity contribution in [1.82, 2.24) is 4.90 Å². The summed E-state index contributed by atoms with van der Waals surface area (Å²) in [5.41, 5.74) is 1.71. The second-order valence-electron chi connectivity index (χ2n) is 6.47. The van der Waals surface area contributed by atoms with Crippen LogP contribution >= 0.6 is 0 Å². The van der Waals surface area contributed by atoms with E-state index in [0.29, 0.717) is 11.6 Å². The predicted octanol–water partition coefficient (Wildman–Crippen LogP) is 3.83. The zero-order valence-electron chi connectivity index (χ0n) is 14.3. The summed E-state index contributed by atoms with van der Waals surface area (Å²) < 4.78 is 40.4. The summed E-state index contributed by atoms with van der Waals surface area (Å²) in [7, 11) is -3.78. The van der Waals surface area contributed by atoms with Gasteiger partial charge in [0.2, 0.25) is 0 Å². The Morgan fingerprint density at radius 1 is 1.20 bits per heavy atom. The first kappa shape index (κ1) is 17.9. The highest BCUT2D eigenvalue weighted by Gasteiger charge is 2.23. The van der Waals surface area contributed by atoms with Crippen molar-refractivity contribution < 1.29 is 12.8 Å². The van der Waals surface area contributed by atoms with Crippen molar-refractivity contribution in [2.24, 2.45) is 0 Å². The SMILES string of the molecule is CCCN1CCC(c2ccc(NS(=O)(=O)c3cccc(F)c3)cc2)C1. The van der Waals surface area contributed by atoms with Crippen LogP contribution in [-0.2, 0) is 10.0 Å². The van der Waals surface area contributed by atoms with Gasteiger partial charge in [0.05, 0.1) is 4.90 Å². The summed E-state index contributed by atoms with van der Waals surface area (Å²) >= 11 is 0. The Bertz CT molecular complexity index is 822. The summed E-state index contributed by atoms with van der Waals surface area (Å²) in [5.74, 6) is -0.0727. The number of hydrogen-bond acceptors (Lipinski definition) is 3. The highest BCUT2D eigenvalue weighted by Crippen LogP contribution is 2.28. The van der Waals surface area contributed by atoms with Crippen molar-refractivity contribution >= 4 is 15.7 Å². The fourth-order valence-electron chi connectivity index (χ4n) is 3.30. The Morgan fingerprint density at radius 3 is 2.64 bits per heavy atom. The zero-order valence-corrected chi connectivity index (χ0v) is 15.1. The molecule has 0 saturated carbocycles. The molecule has 1 fully saturated rings. The lowest BCUT2D eigenvalue weighted by molar-refractivity contribution is 0.335. The van der Waals surface area contributed by atoms with Gasteiger partial charge in [0.1, 0.15) is 5.82 Å². The number of nitrogens with zero attached hydrogens (tertiary/aromatic N) is 1. The number of benzene rings is 2. The minimum Gasteiger partial charge on any atom is -0.303 e. The topological polar surface area (TPSA) is 49.4 Å². The summed E-state index contributed by atoms with van der Waals surface area (Å²) in [4.78, 5) is 2.38. The Hall–Kier alpha value is -1.92. The quantitative estimate of drug-likeness (QED) is 0.850. The Morgan fingerprint density at radius 2 is 1.96 bits per heavy atom. The molecule has 1 N–H and O–H groups in total. The summed E-state index contributed by atoms with van der Waals surface area (Å²) in [6, 6.07) is 12.5. The number of sulfonamides is 1. The van der Waals surface area contributed by atoms with Gasteiger partial charge < -0.3 is 4.90 Å². The summed E-state index contributed by atoms with van der Waals surface area (Å²) in [6.45, 7) is 5.49. The first-order chi connectivity index (χ1) is 12.0. The first-order valence-electron chi connectivity index (χ1n) is 8.58. The van der Waals surface area contributed by atoms with E-state index in [2.05, 4.69) is 16.5 Å². The molecule has 1 aliphatic heterocycles. The Kier molecular flexibility index (Phi) is 5.39. The third-order valence-electron chi connectivity index (χ3n) is 4.55. The van der Waals surface area contributed by atoms with Crippen LogP contribution in [0.1, 0.15) is 31.2 Å². The number of nitrogens with one attached hydrogen (secondary N) is 1. The molecule has 1 heterocycles. The van der Waals surface area contributed by atoms with Crippen LogP contribution in [0, 0.1) is 5.82 Å². The van der Waals surface area contributed by atoms with E-state index in [-0.39, 0.29) is 4.90 Å². The zero-order chi connectivity index (χ0) is 17.9. The molecule has 0 aliphatic carbocycles. The largest absolute Gasteiger partial charge is 0.303 e. The van der Waals surface area contributed by atoms with Gasteiger partial charge in [0.15, 0.2) is 0 Å². The maximum absolute atomic E-state index is 13.3. The third-order valence-corrected chi connectivity index (χ3v) is 5.93. The van der Waals surface area contributed by atoms with Crippen LogP contribution in [0.25, 0.3) is 0 Å². The molecule has 3 rings (SSSR count). The molecule has 25 heavy (non-hydrogen) atoms. The fraction of sp³-hybridized carbons (Fsp3) is 0.368. The van der Waals surface area contributed by atoms with Crippen LogP contribution in [-0.4, -0.2) is 33.0 Å². The molecule has 0 bridgehead atoms. The molecule has 0 spiro atoms. The average molecular weight is 362 g/mol. The van der Waals surface area contributed by atoms with Gasteiger partial charge in [-0.1, -0.05) is 25.1 Å². The second-order valence-corrected chi connectivity index (χ2v) is 8.15. The molecule has 1 saturated heterocycles. The fourth-order valence-corrected chi connectivity index (χ4v) is 4.39. The lowest BCUT2D eigenvalue weighted by atomic mass is 9.98. The minimum absolute atomic E-state index is 0.0809. The first-order valence-corrected chi connectivity index (χ1v) is 10.1. The van der Waals surface area contributed by atoms with Crippen molar-refractivity contribution in [3.05, 3.63) is 59.9 Å². The van der Waals surface area contributed by atoms with E-state index in [1.807, 2.05) is 12.1 Å². The van der Waals surface area contributed by atoms with Gasteiger partial charge in [0, 0.05) is 12.2 Å². The smallest absolute Gasteiger partial charge is 0.261 e. The van der Waals surface area contributed by atoms with Crippen LogP contribution in [0.4, 0.5) is 10.1 Å². The normalized spacial score (nSPS) is 18.4. The molecule has 2 aromatic carbocycles. The van der Waals surface area contributed by atoms with Gasteiger partial charge in [0.25, 0.3) is 10.0 Å². The average Bonchev–Trinajstić information content (AvgIpc) is 3.04. The lowest BCUT2D eigenvalue weighted by Gasteiger charge is -2.15. The highest BCUT2D eigenvalue weighted by molar-refractivity contribution is 7.92. The van der Waals surface area contributed by atoms with E-state index in [0.717, 1.165) is 38.5 Å². The van der Waals surface area contributed by atoms with Gasteiger partial charge in [-0.25, -0.2) is 12.8 Å². The molecule has 6 heteroatoms. The van der Waals surface area contributed by atoms with E-state index in [4.69, 9.17) is 0 Å². The van der Waals surface area contributed by atoms with Crippen molar-refractivity contribution in [3.63, 3.8) is 0 Å². The molecule has 0 amide bonds. The summed E-state index contributed by atoms with van der Waals surface area (Å²) in [5, 5.41) is 0. The van der Waals surface area contributed by atoms with Gasteiger partial charge in [-0.3, -0.25) is 4.72 Å². The van der Waals surface area contributed by atoms with Crippen molar-refractivity contribution in [2.45, 2.75) is 30.6 Å². The van der Waals surface area contributed by atoms with Gasteiger partial charge in [-0.15, -0.1) is 0 Å². The van der Waals surface area contributed by atoms with E-state index in [1.54, 1.807) is 12.1 Å². The van der Waals surface area contributed by atoms with Crippen LogP contribution in [0.3, 0.4) is 0 Å². The Labute approximate surface area is 148 Å². The number of halogens is 1. The molecule has 2 aromatic rings. The van der Waals surface area contributed by atoms with Crippen molar-refractivity contribution in [2.75, 3.05) is 24.4 Å². The van der Waals surface area contributed by atoms with Crippen molar-refractivity contribution in [3.8, 4) is 0 Å². The predicted molar refractivity (Wildman–Crippen MR) is 97.7 cm³/mol. The molecular weight excluding hydrogens is 339 g/mol. The number of rotatable bonds is 6. The molecular formula is C19H23FN2O2S. The van der Waals surface area contributed by atoms with Gasteiger partial charge in [-0.05, 0) is 67.7 Å². The number of anilines is 1. The van der Waals surface area contributed by atoms with E-state index in [1.165, 1.54) is 23.8 Å². The number of likely N-dealkylation sites (tertiary alicyclic amines) is 1. The van der Waals surface area contributed by atoms with Crippen LogP contribution in [0.2, 0.25) is 0 Å². The molecule has 0 radical (unpaired) electrons. The molecule has 1 atom stereocenters. The standard InChI is InChI=1S/C19H23FN2O2S/c1-2-11-22-12-10-16(14-22)15-6-8-18(9-7-15)21-25(23,24)19-5-3-4-17(20)13-19/h3-9,13,16,21H,2,10-12,14H2,1H3. The molecule has 1 aliphatic rings. The lowest BCUT2D eigenvalue weighted by Crippen LogP contribution is -2.20. The second kappa shape index (κ2) is 7.54. The maximum Gasteiger partial charge on any atom is 0.261 e. The highest BCUT2D eigenvalue weighted by atomic mass is 32.2. The van der Waals surface area contributed by atoms with E-state index in [9.17, 15) is 12.8 Å². The third kappa shape index (κ3) is 4.38. The van der Waals surface area contributed by atoms with Crippen LogP contribution in [0.15, 0.2) is 53.4 Å². The summed E-state index contributed by atoms with van der Waals surface area (Å²) in [6.07, 6.45) is 2.29. The molecule has 0 aromatic heterocycles.